The first-order chi connectivity index (χ1) is 11.1. The highest BCUT2D eigenvalue weighted by atomic mass is 32.2. The number of pyridine rings is 2. The largest absolute Gasteiger partial charge is 0.264 e. The first kappa shape index (κ1) is 14.7. The molecule has 0 aliphatic heterocycles. The molecular weight excluding hydrogens is 330 g/mol. The van der Waals surface area contributed by atoms with E-state index in [2.05, 4.69) is 14.7 Å². The Morgan fingerprint density at radius 1 is 1.30 bits per heavy atom. The number of rotatable bonds is 5. The lowest BCUT2D eigenvalue weighted by molar-refractivity contribution is 0.576. The predicted octanol–water partition coefficient (Wildman–Crippen LogP) is 2.77. The van der Waals surface area contributed by atoms with Gasteiger partial charge in [0, 0.05) is 25.1 Å². The summed E-state index contributed by atoms with van der Waals surface area (Å²) >= 11 is 1.49. The zero-order chi connectivity index (χ0) is 15.9. The van der Waals surface area contributed by atoms with Crippen LogP contribution in [0.3, 0.4) is 0 Å². The molecule has 1 saturated carbocycles. The van der Waals surface area contributed by atoms with Crippen molar-refractivity contribution in [1.29, 1.82) is 0 Å². The topological polar surface area (TPSA) is 72.0 Å². The van der Waals surface area contributed by atoms with Crippen molar-refractivity contribution in [3.8, 4) is 0 Å². The maximum Gasteiger partial charge on any atom is 0.242 e. The summed E-state index contributed by atoms with van der Waals surface area (Å²) in [6, 6.07) is 7.52. The van der Waals surface area contributed by atoms with E-state index in [-0.39, 0.29) is 4.90 Å². The van der Waals surface area contributed by atoms with Gasteiger partial charge in [0.05, 0.1) is 10.2 Å². The quantitative estimate of drug-likeness (QED) is 0.772. The van der Waals surface area contributed by atoms with E-state index in [1.165, 1.54) is 23.1 Å². The molecule has 1 aliphatic carbocycles. The van der Waals surface area contributed by atoms with Gasteiger partial charge in [0.15, 0.2) is 0 Å². The van der Waals surface area contributed by atoms with E-state index in [1.54, 1.807) is 12.3 Å². The lowest BCUT2D eigenvalue weighted by Gasteiger charge is -2.06. The molecule has 1 N–H and O–H groups in total. The molecule has 0 bridgehead atoms. The third kappa shape index (κ3) is 2.99. The molecule has 4 rings (SSSR count). The normalized spacial score (nSPS) is 20.7. The van der Waals surface area contributed by atoms with Gasteiger partial charge < -0.3 is 0 Å². The summed E-state index contributed by atoms with van der Waals surface area (Å²) in [6.07, 6.45) is 6.02. The van der Waals surface area contributed by atoms with Crippen molar-refractivity contribution < 1.29 is 8.42 Å². The maximum atomic E-state index is 12.4. The summed E-state index contributed by atoms with van der Waals surface area (Å²) in [5, 5.41) is 1.91. The van der Waals surface area contributed by atoms with Gasteiger partial charge in [-0.15, -0.1) is 11.3 Å². The monoisotopic (exact) mass is 345 g/mol. The van der Waals surface area contributed by atoms with E-state index in [9.17, 15) is 8.42 Å². The van der Waals surface area contributed by atoms with Gasteiger partial charge in [-0.05, 0) is 47.4 Å². The van der Waals surface area contributed by atoms with Crippen molar-refractivity contribution in [3.63, 3.8) is 0 Å². The Morgan fingerprint density at radius 2 is 2.22 bits per heavy atom. The molecule has 3 aromatic rings. The molecule has 0 radical (unpaired) electrons. The van der Waals surface area contributed by atoms with Crippen molar-refractivity contribution >= 4 is 31.6 Å². The number of hydrogen-bond donors (Lipinski definition) is 1. The highest BCUT2D eigenvalue weighted by molar-refractivity contribution is 7.89. The molecule has 118 valence electrons. The van der Waals surface area contributed by atoms with Crippen LogP contribution < -0.4 is 4.72 Å². The highest BCUT2D eigenvalue weighted by Crippen LogP contribution is 2.46. The zero-order valence-electron chi connectivity index (χ0n) is 12.2. The number of sulfonamides is 1. The van der Waals surface area contributed by atoms with Crippen LogP contribution in [0.1, 0.15) is 17.9 Å². The molecule has 3 aromatic heterocycles. The molecule has 0 amide bonds. The van der Waals surface area contributed by atoms with Gasteiger partial charge in [-0.25, -0.2) is 13.1 Å². The third-order valence-corrected chi connectivity index (χ3v) is 6.40. The number of thiophene rings is 1. The molecule has 0 aromatic carbocycles. The number of hydrogen-bond acceptors (Lipinski definition) is 5. The Hall–Kier alpha value is -1.83. The van der Waals surface area contributed by atoms with Crippen LogP contribution in [-0.4, -0.2) is 24.9 Å². The number of aromatic nitrogens is 2. The Kier molecular flexibility index (Phi) is 3.63. The number of fused-ring (bicyclic) bond motifs is 1. The second kappa shape index (κ2) is 5.67. The van der Waals surface area contributed by atoms with Gasteiger partial charge >= 0.3 is 0 Å². The Bertz CT molecular complexity index is 938. The van der Waals surface area contributed by atoms with E-state index in [0.29, 0.717) is 18.4 Å². The van der Waals surface area contributed by atoms with Gasteiger partial charge in [-0.3, -0.25) is 9.97 Å². The summed E-state index contributed by atoms with van der Waals surface area (Å²) in [5.74, 6) is 0.747. The third-order valence-electron chi connectivity index (χ3n) is 4.16. The van der Waals surface area contributed by atoms with Crippen LogP contribution in [0.15, 0.2) is 53.1 Å². The molecule has 2 atom stereocenters. The average molecular weight is 345 g/mol. The first-order valence-electron chi connectivity index (χ1n) is 7.36. The minimum Gasteiger partial charge on any atom is -0.264 e. The predicted molar refractivity (Wildman–Crippen MR) is 89.9 cm³/mol. The Labute approximate surface area is 138 Å². The van der Waals surface area contributed by atoms with E-state index in [1.807, 2.05) is 29.8 Å². The fraction of sp³-hybridized carbons (Fsp3) is 0.250. The van der Waals surface area contributed by atoms with Gasteiger partial charge in [0.1, 0.15) is 4.90 Å². The summed E-state index contributed by atoms with van der Waals surface area (Å²) in [6.45, 7) is 0.449. The van der Waals surface area contributed by atoms with Crippen LogP contribution in [0.4, 0.5) is 0 Å². The summed E-state index contributed by atoms with van der Waals surface area (Å²) < 4.78 is 28.4. The van der Waals surface area contributed by atoms with Crippen molar-refractivity contribution in [2.75, 3.05) is 6.54 Å². The zero-order valence-corrected chi connectivity index (χ0v) is 13.8. The maximum absolute atomic E-state index is 12.4. The first-order valence-corrected chi connectivity index (χ1v) is 9.72. The fourth-order valence-corrected chi connectivity index (χ4v) is 4.67. The molecule has 0 spiro atoms. The smallest absolute Gasteiger partial charge is 0.242 e. The standard InChI is InChI=1S/C16H15N3O2S2/c20-23(21,13-7-16-15(18-10-13)3-5-22-16)19-9-12-6-14(12)11-2-1-4-17-8-11/h1-5,7-8,10,12,14,19H,6,9H2/t12-,14-/m0/s1. The Balaban J connectivity index is 1.44. The minimum atomic E-state index is -3.51. The van der Waals surface area contributed by atoms with Gasteiger partial charge in [-0.1, -0.05) is 6.07 Å². The van der Waals surface area contributed by atoms with Crippen LogP contribution in [0.2, 0.25) is 0 Å². The Morgan fingerprint density at radius 3 is 3.04 bits per heavy atom. The molecule has 0 saturated heterocycles. The number of nitrogens with one attached hydrogen (secondary N) is 1. The molecule has 23 heavy (non-hydrogen) atoms. The van der Waals surface area contributed by atoms with Crippen LogP contribution in [0, 0.1) is 5.92 Å². The fourth-order valence-electron chi connectivity index (χ4n) is 2.75. The summed E-state index contributed by atoms with van der Waals surface area (Å²) in [5.41, 5.74) is 2.01. The van der Waals surface area contributed by atoms with Crippen LogP contribution in [0.5, 0.6) is 0 Å². The molecule has 1 aliphatic rings. The molecule has 0 unspecified atom stereocenters. The average Bonchev–Trinajstić information content (AvgIpc) is 3.20. The molecule has 3 heterocycles. The molecule has 5 nitrogen and oxygen atoms in total. The van der Waals surface area contributed by atoms with Crippen LogP contribution in [-0.2, 0) is 10.0 Å². The van der Waals surface area contributed by atoms with E-state index < -0.39 is 10.0 Å². The van der Waals surface area contributed by atoms with E-state index in [4.69, 9.17) is 0 Å². The highest BCUT2D eigenvalue weighted by Gasteiger charge is 2.38. The van der Waals surface area contributed by atoms with E-state index >= 15 is 0 Å². The van der Waals surface area contributed by atoms with Crippen molar-refractivity contribution in [2.24, 2.45) is 5.92 Å². The second-order valence-corrected chi connectivity index (χ2v) is 8.43. The van der Waals surface area contributed by atoms with Crippen molar-refractivity contribution in [3.05, 3.63) is 53.8 Å². The SMILES string of the molecule is O=S(=O)(NC[C@@H]1C[C@H]1c1cccnc1)c1cnc2ccsc2c1. The van der Waals surface area contributed by atoms with Gasteiger partial charge in [-0.2, -0.15) is 0 Å². The number of nitrogens with zero attached hydrogens (tertiary/aromatic N) is 2. The van der Waals surface area contributed by atoms with Crippen molar-refractivity contribution in [1.82, 2.24) is 14.7 Å². The molecule has 1 fully saturated rings. The van der Waals surface area contributed by atoms with Crippen molar-refractivity contribution in [2.45, 2.75) is 17.2 Å². The lowest BCUT2D eigenvalue weighted by Crippen LogP contribution is -2.26. The molecular formula is C16H15N3O2S2. The summed E-state index contributed by atoms with van der Waals surface area (Å²) in [4.78, 5) is 8.54. The van der Waals surface area contributed by atoms with E-state index in [0.717, 1.165) is 16.6 Å². The van der Waals surface area contributed by atoms with Crippen LogP contribution >= 0.6 is 11.3 Å². The minimum absolute atomic E-state index is 0.228. The van der Waals surface area contributed by atoms with Gasteiger partial charge in [0.2, 0.25) is 10.0 Å². The summed E-state index contributed by atoms with van der Waals surface area (Å²) in [7, 11) is -3.51. The van der Waals surface area contributed by atoms with Gasteiger partial charge in [0.25, 0.3) is 0 Å². The molecule has 7 heteroatoms. The van der Waals surface area contributed by atoms with Crippen LogP contribution in [0.25, 0.3) is 10.2 Å². The second-order valence-electron chi connectivity index (χ2n) is 5.72. The lowest BCUT2D eigenvalue weighted by atomic mass is 10.1.